The van der Waals surface area contributed by atoms with Crippen molar-refractivity contribution in [3.63, 3.8) is 0 Å². The van der Waals surface area contributed by atoms with Gasteiger partial charge in [0, 0.05) is 5.92 Å². The fraction of sp³-hybridized carbons (Fsp3) is 0.875. The summed E-state index contributed by atoms with van der Waals surface area (Å²) < 4.78 is 4.75. The number of Topliss-reactive ketones (excluding diaryl/α,β-unsaturated/α-hetero) is 1. The zero-order valence-electron chi connectivity index (χ0n) is 7.54. The summed E-state index contributed by atoms with van der Waals surface area (Å²) in [5.74, 6) is -0.928. The molecule has 13 heavy (non-hydrogen) atoms. The van der Waals surface area contributed by atoms with Crippen molar-refractivity contribution in [2.45, 2.75) is 38.4 Å². The van der Waals surface area contributed by atoms with Crippen LogP contribution < -0.4 is 0 Å². The smallest absolute Gasteiger partial charge is 0.182 e. The van der Waals surface area contributed by atoms with Crippen molar-refractivity contribution in [3.05, 3.63) is 0 Å². The molecule has 0 aromatic rings. The molecule has 1 aliphatic heterocycles. The summed E-state index contributed by atoms with van der Waals surface area (Å²) in [6, 6.07) is 0. The Morgan fingerprint density at radius 1 is 1.23 bits per heavy atom. The SMILES string of the molecule is CC(=O)[C@H]1OC(O)[C@H](O)[C@@H](C)[C@@H]1O. The van der Waals surface area contributed by atoms with Gasteiger partial charge >= 0.3 is 0 Å². The Bertz CT molecular complexity index is 205. The van der Waals surface area contributed by atoms with E-state index in [1.54, 1.807) is 6.92 Å². The zero-order valence-corrected chi connectivity index (χ0v) is 7.54. The van der Waals surface area contributed by atoms with E-state index in [4.69, 9.17) is 9.84 Å². The summed E-state index contributed by atoms with van der Waals surface area (Å²) in [5.41, 5.74) is 0. The molecule has 5 heteroatoms. The van der Waals surface area contributed by atoms with Gasteiger partial charge in [0.15, 0.2) is 12.1 Å². The summed E-state index contributed by atoms with van der Waals surface area (Å²) in [5, 5.41) is 27.9. The summed E-state index contributed by atoms with van der Waals surface area (Å²) in [4.78, 5) is 10.9. The molecular formula is C8H14O5. The lowest BCUT2D eigenvalue weighted by Crippen LogP contribution is -2.55. The first-order valence-electron chi connectivity index (χ1n) is 4.15. The van der Waals surface area contributed by atoms with E-state index in [-0.39, 0.29) is 5.78 Å². The Morgan fingerprint density at radius 2 is 1.77 bits per heavy atom. The summed E-state index contributed by atoms with van der Waals surface area (Å²) in [6.45, 7) is 2.82. The lowest BCUT2D eigenvalue weighted by Gasteiger charge is -2.38. The first kappa shape index (κ1) is 10.6. The molecule has 3 N–H and O–H groups in total. The molecule has 1 rings (SSSR count). The van der Waals surface area contributed by atoms with Crippen LogP contribution in [0.15, 0.2) is 0 Å². The standard InChI is InChI=1S/C8H14O5/c1-3-5(10)7(4(2)9)13-8(12)6(3)11/h3,5-8,10-12H,1-2H3/t3-,5-,6+,7+,8?/m0/s1. The number of aliphatic hydroxyl groups excluding tert-OH is 3. The first-order valence-corrected chi connectivity index (χ1v) is 4.15. The summed E-state index contributed by atoms with van der Waals surface area (Å²) in [6.07, 6.45) is -4.64. The molecule has 0 aliphatic carbocycles. The number of hydrogen-bond donors (Lipinski definition) is 3. The molecule has 1 unspecified atom stereocenters. The second kappa shape index (κ2) is 3.71. The Balaban J connectivity index is 2.76. The molecule has 5 atom stereocenters. The Morgan fingerprint density at radius 3 is 2.23 bits per heavy atom. The average Bonchev–Trinajstić information content (AvgIpc) is 2.07. The third-order valence-electron chi connectivity index (χ3n) is 2.37. The van der Waals surface area contributed by atoms with E-state index in [1.807, 2.05) is 0 Å². The summed E-state index contributed by atoms with van der Waals surface area (Å²) in [7, 11) is 0. The maximum absolute atomic E-state index is 10.9. The highest BCUT2D eigenvalue weighted by atomic mass is 16.6. The normalized spacial score (nSPS) is 46.1. The van der Waals surface area contributed by atoms with Gasteiger partial charge in [-0.15, -0.1) is 0 Å². The van der Waals surface area contributed by atoms with Gasteiger partial charge in [-0.1, -0.05) is 6.92 Å². The predicted octanol–water partition coefficient (Wildman–Crippen LogP) is -1.35. The van der Waals surface area contributed by atoms with Crippen molar-refractivity contribution in [3.8, 4) is 0 Å². The maximum Gasteiger partial charge on any atom is 0.182 e. The molecule has 76 valence electrons. The third kappa shape index (κ3) is 1.88. The van der Waals surface area contributed by atoms with E-state index < -0.39 is 30.5 Å². The van der Waals surface area contributed by atoms with Crippen LogP contribution in [0.25, 0.3) is 0 Å². The molecule has 1 saturated heterocycles. The fourth-order valence-electron chi connectivity index (χ4n) is 1.38. The van der Waals surface area contributed by atoms with Gasteiger partial charge < -0.3 is 20.1 Å². The lowest BCUT2D eigenvalue weighted by atomic mass is 9.89. The average molecular weight is 190 g/mol. The van der Waals surface area contributed by atoms with Crippen LogP contribution in [0.3, 0.4) is 0 Å². The van der Waals surface area contributed by atoms with E-state index in [1.165, 1.54) is 6.92 Å². The quantitative estimate of drug-likeness (QED) is 0.476. The van der Waals surface area contributed by atoms with Crippen molar-refractivity contribution in [1.29, 1.82) is 0 Å². The lowest BCUT2D eigenvalue weighted by molar-refractivity contribution is -0.258. The molecule has 0 radical (unpaired) electrons. The van der Waals surface area contributed by atoms with E-state index in [9.17, 15) is 15.0 Å². The molecular weight excluding hydrogens is 176 g/mol. The Hall–Kier alpha value is -0.490. The van der Waals surface area contributed by atoms with Gasteiger partial charge in [0.05, 0.1) is 6.10 Å². The van der Waals surface area contributed by atoms with Crippen molar-refractivity contribution in [1.82, 2.24) is 0 Å². The van der Waals surface area contributed by atoms with Gasteiger partial charge in [0.1, 0.15) is 12.2 Å². The maximum atomic E-state index is 10.9. The number of carbonyl (C=O) groups is 1. The summed E-state index contributed by atoms with van der Waals surface area (Å²) >= 11 is 0. The third-order valence-corrected chi connectivity index (χ3v) is 2.37. The van der Waals surface area contributed by atoms with E-state index >= 15 is 0 Å². The monoisotopic (exact) mass is 190 g/mol. The van der Waals surface area contributed by atoms with Crippen molar-refractivity contribution < 1.29 is 24.9 Å². The molecule has 0 aromatic carbocycles. The second-order valence-corrected chi connectivity index (χ2v) is 3.40. The number of rotatable bonds is 1. The molecule has 1 fully saturated rings. The van der Waals surface area contributed by atoms with E-state index in [2.05, 4.69) is 0 Å². The number of carbonyl (C=O) groups excluding carboxylic acids is 1. The molecule has 0 bridgehead atoms. The minimum Gasteiger partial charge on any atom is -0.390 e. The minimum atomic E-state index is -1.40. The molecule has 0 aromatic heterocycles. The van der Waals surface area contributed by atoms with Crippen molar-refractivity contribution >= 4 is 5.78 Å². The number of ketones is 1. The van der Waals surface area contributed by atoms with Crippen LogP contribution in [0.2, 0.25) is 0 Å². The minimum absolute atomic E-state index is 0.356. The highest BCUT2D eigenvalue weighted by Crippen LogP contribution is 2.24. The van der Waals surface area contributed by atoms with Gasteiger partial charge in [-0.25, -0.2) is 0 Å². The van der Waals surface area contributed by atoms with Crippen LogP contribution in [-0.4, -0.2) is 45.7 Å². The first-order chi connectivity index (χ1) is 5.95. The van der Waals surface area contributed by atoms with Crippen LogP contribution in [0.5, 0.6) is 0 Å². The van der Waals surface area contributed by atoms with Crippen molar-refractivity contribution in [2.75, 3.05) is 0 Å². The van der Waals surface area contributed by atoms with Gasteiger partial charge in [-0.2, -0.15) is 0 Å². The molecule has 5 nitrogen and oxygen atoms in total. The Kier molecular flexibility index (Phi) is 3.02. The second-order valence-electron chi connectivity index (χ2n) is 3.40. The van der Waals surface area contributed by atoms with Crippen LogP contribution in [0.4, 0.5) is 0 Å². The van der Waals surface area contributed by atoms with Crippen molar-refractivity contribution in [2.24, 2.45) is 5.92 Å². The van der Waals surface area contributed by atoms with Gasteiger partial charge in [0.25, 0.3) is 0 Å². The molecule has 0 saturated carbocycles. The number of aliphatic hydroxyl groups is 3. The highest BCUT2D eigenvalue weighted by molar-refractivity contribution is 5.81. The zero-order chi connectivity index (χ0) is 10.2. The predicted molar refractivity (Wildman–Crippen MR) is 42.7 cm³/mol. The van der Waals surface area contributed by atoms with E-state index in [0.717, 1.165) is 0 Å². The largest absolute Gasteiger partial charge is 0.390 e. The highest BCUT2D eigenvalue weighted by Gasteiger charge is 2.43. The van der Waals surface area contributed by atoms with Gasteiger partial charge in [0.2, 0.25) is 0 Å². The van der Waals surface area contributed by atoms with Crippen LogP contribution in [-0.2, 0) is 9.53 Å². The van der Waals surface area contributed by atoms with Gasteiger partial charge in [-0.3, -0.25) is 4.79 Å². The molecule has 0 spiro atoms. The van der Waals surface area contributed by atoms with E-state index in [0.29, 0.717) is 0 Å². The topological polar surface area (TPSA) is 87.0 Å². The van der Waals surface area contributed by atoms with Crippen LogP contribution >= 0.6 is 0 Å². The van der Waals surface area contributed by atoms with Gasteiger partial charge in [-0.05, 0) is 6.92 Å². The fourth-order valence-corrected chi connectivity index (χ4v) is 1.38. The Labute approximate surface area is 75.9 Å². The molecule has 0 amide bonds. The van der Waals surface area contributed by atoms with Crippen LogP contribution in [0.1, 0.15) is 13.8 Å². The molecule has 1 aliphatic rings. The number of hydrogen-bond acceptors (Lipinski definition) is 5. The van der Waals surface area contributed by atoms with Crippen LogP contribution in [0, 0.1) is 5.92 Å². The number of ether oxygens (including phenoxy) is 1. The molecule has 1 heterocycles.